The van der Waals surface area contributed by atoms with Crippen molar-refractivity contribution in [2.75, 3.05) is 0 Å². The Morgan fingerprint density at radius 1 is 0.164 bits per heavy atom. The van der Waals surface area contributed by atoms with Crippen molar-refractivity contribution in [3.05, 3.63) is 449 Å². The van der Waals surface area contributed by atoms with Crippen molar-refractivity contribution < 1.29 is 4.42 Å². The Bertz CT molecular complexity index is 10300. The molecule has 10 heterocycles. The number of hydrogen-bond acceptors (Lipinski definition) is 10. The van der Waals surface area contributed by atoms with Gasteiger partial charge in [0.15, 0.2) is 34.9 Å². The van der Waals surface area contributed by atoms with Gasteiger partial charge < -0.3 is 22.7 Å². The molecule has 0 bridgehead atoms. The topological polar surface area (TPSA) is 110 Å². The molecule has 0 unspecified atom stereocenters. The molecule has 0 saturated heterocycles. The highest BCUT2D eigenvalue weighted by Gasteiger charge is 2.27. The summed E-state index contributed by atoms with van der Waals surface area (Å²) in [6, 6.07) is 161. The summed E-state index contributed by atoms with van der Waals surface area (Å²) in [5.41, 5.74) is 26.0. The molecule has 0 atom stereocenters. The van der Waals surface area contributed by atoms with Crippen molar-refractivity contribution in [2.24, 2.45) is 0 Å². The predicted molar refractivity (Wildman–Crippen MR) is 586 cm³/mol. The van der Waals surface area contributed by atoms with Crippen LogP contribution in [-0.2, 0) is 0 Å². The largest absolute Gasteiger partial charge is 0.456 e. The summed E-state index contributed by atoms with van der Waals surface area (Å²) in [7, 11) is 0. The molecule has 11 nitrogen and oxygen atoms in total. The molecule has 0 aliphatic heterocycles. The van der Waals surface area contributed by atoms with Gasteiger partial charge in [-0.1, -0.05) is 303 Å². The second-order valence-corrected chi connectivity index (χ2v) is 39.0. The molecular weight excluding hydrogens is 1770 g/mol. The van der Waals surface area contributed by atoms with E-state index in [4.69, 9.17) is 34.3 Å². The Morgan fingerprint density at radius 2 is 0.450 bits per heavy atom. The maximum Gasteiger partial charge on any atom is 0.165 e. The van der Waals surface area contributed by atoms with E-state index in [9.17, 15) is 0 Å². The molecule has 652 valence electrons. The van der Waals surface area contributed by atoms with E-state index in [1.807, 2.05) is 143 Å². The van der Waals surface area contributed by atoms with E-state index in [2.05, 4.69) is 358 Å². The summed E-state index contributed by atoms with van der Waals surface area (Å²) in [6.07, 6.45) is 0. The van der Waals surface area contributed by atoms with Crippen LogP contribution in [0.5, 0.6) is 0 Å². The summed E-state index contributed by atoms with van der Waals surface area (Å²) in [4.78, 5) is 30.3. The zero-order valence-electron chi connectivity index (χ0n) is 74.8. The Balaban J connectivity index is 0.000000134. The third kappa shape index (κ3) is 12.7. The number of thiophene rings is 3. The van der Waals surface area contributed by atoms with Crippen LogP contribution in [0.2, 0.25) is 0 Å². The van der Waals surface area contributed by atoms with Gasteiger partial charge in [0.05, 0.1) is 54.5 Å². The van der Waals surface area contributed by atoms with E-state index in [1.165, 1.54) is 149 Å². The molecule has 0 aliphatic rings. The molecule has 0 amide bonds. The molecule has 10 aromatic heterocycles. The fraction of sp³-hybridized carbons (Fsp3) is 0. The van der Waals surface area contributed by atoms with Crippen molar-refractivity contribution in [2.45, 2.75) is 0 Å². The second kappa shape index (κ2) is 31.9. The minimum atomic E-state index is 0.604. The Hall–Kier alpha value is -17.9. The fourth-order valence-corrected chi connectivity index (χ4v) is 25.4. The van der Waals surface area contributed by atoms with Gasteiger partial charge in [0.1, 0.15) is 11.2 Å². The van der Waals surface area contributed by atoms with Crippen LogP contribution < -0.4 is 0 Å². The molecule has 0 radical (unpaired) electrons. The van der Waals surface area contributed by atoms with Crippen molar-refractivity contribution in [3.8, 4) is 113 Å². The first-order valence-electron chi connectivity index (χ1n) is 47.0. The summed E-state index contributed by atoms with van der Waals surface area (Å²) in [5.74, 6) is 3.82. The Labute approximate surface area is 812 Å². The fourth-order valence-electron chi connectivity index (χ4n) is 21.6. The molecule has 30 aromatic rings. The quantitative estimate of drug-likeness (QED) is 0.120. The third-order valence-electron chi connectivity index (χ3n) is 28.0. The van der Waals surface area contributed by atoms with Gasteiger partial charge >= 0.3 is 0 Å². The Kier molecular flexibility index (Phi) is 18.1. The Morgan fingerprint density at radius 3 is 0.900 bits per heavy atom. The number of benzene rings is 20. The summed E-state index contributed by atoms with van der Waals surface area (Å²) >= 11 is 5.57. The van der Waals surface area contributed by atoms with Crippen LogP contribution in [0.3, 0.4) is 0 Å². The summed E-state index contributed by atoms with van der Waals surface area (Å²) in [6.45, 7) is 0. The van der Waals surface area contributed by atoms with Crippen LogP contribution >= 0.6 is 34.0 Å². The highest BCUT2D eigenvalue weighted by atomic mass is 32.1. The van der Waals surface area contributed by atoms with Gasteiger partial charge in [0, 0.05) is 160 Å². The first-order chi connectivity index (χ1) is 69.4. The van der Waals surface area contributed by atoms with Crippen molar-refractivity contribution in [3.63, 3.8) is 0 Å². The van der Waals surface area contributed by atoms with E-state index < -0.39 is 0 Å². The number of fused-ring (bicyclic) bond motifs is 24. The lowest BCUT2D eigenvalue weighted by molar-refractivity contribution is 0.669. The zero-order valence-corrected chi connectivity index (χ0v) is 77.3. The molecule has 0 saturated carbocycles. The third-order valence-corrected chi connectivity index (χ3v) is 31.7. The van der Waals surface area contributed by atoms with E-state index in [1.54, 1.807) is 0 Å². The molecule has 0 spiro atoms. The lowest BCUT2D eigenvalue weighted by Gasteiger charge is -2.11. The number of aromatic nitrogens is 10. The average molecular weight is 1840 g/mol. The SMILES string of the molecule is c1ccc(-c2nc(-c3ccccc3)nc(-c3ccc4oc5ccc(-n6c7ccccc7c7cc(-n8c9ccccc9c9cc(-c%10cccc%11c%10sc%10ccccc%10%11)ccc98)ccc76)cc5c4c3)n2)cc1.c1ccc(-c2nc(-c3ccccc3)nc(-c3cccc4c3sc3c(-n5c6ccccc6c6cc(-n7c8ccccc8c8cc(-c9cccc%10c9sc9ccccc9%10)ccc87)ccc65)cccc34)n2)cc1. The maximum atomic E-state index is 6.50. The van der Waals surface area contributed by atoms with E-state index >= 15 is 0 Å². The number of hydrogen-bond donors (Lipinski definition) is 0. The van der Waals surface area contributed by atoms with Gasteiger partial charge in [-0.05, 0) is 168 Å². The maximum absolute atomic E-state index is 6.50. The number of furan rings is 1. The first-order valence-corrected chi connectivity index (χ1v) is 49.5. The lowest BCUT2D eigenvalue weighted by Crippen LogP contribution is -2.00. The molecular formula is C126H74N10OS3. The van der Waals surface area contributed by atoms with Gasteiger partial charge in [-0.2, -0.15) is 0 Å². The van der Waals surface area contributed by atoms with Crippen LogP contribution in [0, 0.1) is 0 Å². The molecule has 140 heavy (non-hydrogen) atoms. The molecule has 20 aromatic carbocycles. The first kappa shape index (κ1) is 79.5. The average Bonchev–Trinajstić information content (AvgIpc) is 1.56. The smallest absolute Gasteiger partial charge is 0.165 e. The van der Waals surface area contributed by atoms with Gasteiger partial charge in [-0.15, -0.1) is 34.0 Å². The molecule has 14 heteroatoms. The number of nitrogens with zero attached hydrogens (tertiary/aromatic N) is 10. The van der Waals surface area contributed by atoms with Crippen LogP contribution in [0.4, 0.5) is 0 Å². The number of rotatable bonds is 12. The van der Waals surface area contributed by atoms with Gasteiger partial charge in [0.2, 0.25) is 0 Å². The van der Waals surface area contributed by atoms with E-state index in [-0.39, 0.29) is 0 Å². The summed E-state index contributed by atoms with van der Waals surface area (Å²) < 4.78 is 23.9. The van der Waals surface area contributed by atoms with Crippen molar-refractivity contribution >= 4 is 204 Å². The predicted octanol–water partition coefficient (Wildman–Crippen LogP) is 34.5. The molecule has 0 N–H and O–H groups in total. The minimum Gasteiger partial charge on any atom is -0.456 e. The molecule has 30 rings (SSSR count). The van der Waals surface area contributed by atoms with Crippen molar-refractivity contribution in [1.29, 1.82) is 0 Å². The standard InChI is InChI=1S/C63H37N5OS.C63H37N5S2/c1-3-14-38(15-4-1)61-64-62(39-16-5-2-6-17-39)66-63(65-61)41-27-32-57-51(35-41)52-37-43(29-33-58(52)69-57)68-54-24-11-8-19-46(54)50-36-42(28-31-56(50)68)67-53-23-10-7-18-45(53)49-34-40(26-30-55(49)67)44-21-13-22-48-47-20-9-12-25-59(47)70-60(44)48;1-3-16-38(17-4-1)61-64-62(39-18-5-2-6-19-39)66-63(65-61)49-27-14-25-47-48-26-15-30-56(60(48)70-59(47)49)68-53-29-11-8-21-44(53)51-37-41(33-35-55(51)68)67-52-28-10-7-20-43(52)50-36-40(32-34-54(50)67)42-23-13-24-46-45-22-9-12-31-57(45)69-58(42)46/h2*1-37H. The number of para-hydroxylation sites is 4. The van der Waals surface area contributed by atoms with Gasteiger partial charge in [0.25, 0.3) is 0 Å². The zero-order chi connectivity index (χ0) is 91.7. The van der Waals surface area contributed by atoms with E-state index in [0.717, 1.165) is 99.3 Å². The minimum absolute atomic E-state index is 0.604. The van der Waals surface area contributed by atoms with Crippen LogP contribution in [0.1, 0.15) is 0 Å². The van der Waals surface area contributed by atoms with Crippen LogP contribution in [0.25, 0.3) is 283 Å². The lowest BCUT2D eigenvalue weighted by atomic mass is 10.0. The summed E-state index contributed by atoms with van der Waals surface area (Å²) in [5, 5.41) is 19.4. The van der Waals surface area contributed by atoms with E-state index in [0.29, 0.717) is 34.9 Å². The molecule has 0 fully saturated rings. The molecule has 0 aliphatic carbocycles. The highest BCUT2D eigenvalue weighted by Crippen LogP contribution is 2.50. The highest BCUT2D eigenvalue weighted by molar-refractivity contribution is 7.27. The second-order valence-electron chi connectivity index (χ2n) is 35.8. The normalized spacial score (nSPS) is 12.0. The van der Waals surface area contributed by atoms with Gasteiger partial charge in [-0.3, -0.25) is 0 Å². The van der Waals surface area contributed by atoms with Crippen LogP contribution in [-0.4, -0.2) is 48.2 Å². The van der Waals surface area contributed by atoms with Crippen LogP contribution in [0.15, 0.2) is 453 Å². The van der Waals surface area contributed by atoms with Gasteiger partial charge in [-0.25, -0.2) is 29.9 Å². The monoisotopic (exact) mass is 1840 g/mol. The van der Waals surface area contributed by atoms with Crippen molar-refractivity contribution in [1.82, 2.24) is 48.2 Å².